The van der Waals surface area contributed by atoms with Crippen LogP contribution in [0, 0.1) is 0 Å². The fourth-order valence-corrected chi connectivity index (χ4v) is 3.30. The van der Waals surface area contributed by atoms with Crippen LogP contribution >= 0.6 is 0 Å². The lowest BCUT2D eigenvalue weighted by Crippen LogP contribution is -2.43. The Morgan fingerprint density at radius 1 is 0.862 bits per heavy atom. The quantitative estimate of drug-likeness (QED) is 0.142. The summed E-state index contributed by atoms with van der Waals surface area (Å²) < 4.78 is 5.86. The number of ether oxygens (including phenoxy) is 1. The first-order valence-electron chi connectivity index (χ1n) is 11.2. The van der Waals surface area contributed by atoms with Gasteiger partial charge in [0.2, 0.25) is 0 Å². The molecule has 0 radical (unpaired) electrons. The van der Waals surface area contributed by atoms with Crippen molar-refractivity contribution >= 4 is 11.9 Å². The zero-order chi connectivity index (χ0) is 22.0. The van der Waals surface area contributed by atoms with Crippen molar-refractivity contribution in [2.24, 2.45) is 0 Å². The van der Waals surface area contributed by atoms with Gasteiger partial charge in [0.25, 0.3) is 0 Å². The highest BCUT2D eigenvalue weighted by atomic mass is 16.5. The highest BCUT2D eigenvalue weighted by Crippen LogP contribution is 2.12. The van der Waals surface area contributed by atoms with E-state index >= 15 is 0 Å². The Hall–Kier alpha value is -1.40. The number of unbranched alkanes of at least 4 members (excludes halogenated alkanes) is 11. The second-order valence-corrected chi connectivity index (χ2v) is 8.93. The van der Waals surface area contributed by atoms with E-state index in [2.05, 4.69) is 0 Å². The highest BCUT2D eigenvalue weighted by molar-refractivity contribution is 5.82. The number of carbonyl (C=O) groups is 2. The molecule has 0 aromatic heterocycles. The van der Waals surface area contributed by atoms with E-state index in [-0.39, 0.29) is 6.42 Å². The third kappa shape index (κ3) is 21.1. The van der Waals surface area contributed by atoms with Crippen molar-refractivity contribution in [3.63, 3.8) is 0 Å². The Labute approximate surface area is 177 Å². The van der Waals surface area contributed by atoms with E-state index in [0.717, 1.165) is 25.7 Å². The van der Waals surface area contributed by atoms with Crippen LogP contribution < -0.4 is 0 Å². The summed E-state index contributed by atoms with van der Waals surface area (Å²) in [6, 6.07) is 0. The second-order valence-electron chi connectivity index (χ2n) is 8.93. The average molecular weight is 415 g/mol. The number of quaternary nitrogens is 1. The molecule has 0 aromatic rings. The van der Waals surface area contributed by atoms with Gasteiger partial charge in [-0.2, -0.15) is 0 Å². The Kier molecular flexibility index (Phi) is 16.6. The van der Waals surface area contributed by atoms with Crippen molar-refractivity contribution in [2.45, 2.75) is 89.6 Å². The van der Waals surface area contributed by atoms with Crippen LogP contribution in [0.25, 0.3) is 0 Å². The predicted octanol–water partition coefficient (Wildman–Crippen LogP) is 4.31. The lowest BCUT2D eigenvalue weighted by molar-refractivity contribution is -0.873. The highest BCUT2D eigenvalue weighted by Gasteiger charge is 2.23. The van der Waals surface area contributed by atoms with Crippen molar-refractivity contribution in [1.29, 1.82) is 0 Å². The van der Waals surface area contributed by atoms with Gasteiger partial charge in [-0.1, -0.05) is 63.9 Å². The Balaban J connectivity index is 3.72. The third-order valence-corrected chi connectivity index (χ3v) is 4.72. The van der Waals surface area contributed by atoms with Gasteiger partial charge < -0.3 is 19.4 Å². The minimum absolute atomic E-state index is 0.169. The van der Waals surface area contributed by atoms with E-state index in [1.807, 2.05) is 27.2 Å². The maximum atomic E-state index is 11.9. The minimum Gasteiger partial charge on any atom is -0.481 e. The zero-order valence-electron chi connectivity index (χ0n) is 18.9. The van der Waals surface area contributed by atoms with Gasteiger partial charge in [0.15, 0.2) is 6.10 Å². The topological polar surface area (TPSA) is 83.8 Å². The fourth-order valence-electron chi connectivity index (χ4n) is 3.30. The van der Waals surface area contributed by atoms with Crippen LogP contribution in [0.2, 0.25) is 0 Å². The summed E-state index contributed by atoms with van der Waals surface area (Å²) in [5.41, 5.74) is 0. The Morgan fingerprint density at radius 2 is 1.34 bits per heavy atom. The zero-order valence-corrected chi connectivity index (χ0v) is 18.9. The van der Waals surface area contributed by atoms with E-state index in [1.165, 1.54) is 57.4 Å². The largest absolute Gasteiger partial charge is 0.481 e. The van der Waals surface area contributed by atoms with Gasteiger partial charge >= 0.3 is 11.9 Å². The summed E-state index contributed by atoms with van der Waals surface area (Å²) >= 11 is 0. The number of aliphatic hydroxyl groups excluding tert-OH is 1. The first kappa shape index (κ1) is 27.6. The number of nitrogens with zero attached hydrogens (tertiary/aromatic N) is 1. The number of allylic oxidation sites excluding steroid dienone is 1. The number of carboxylic acid groups (broad SMARTS) is 1. The molecule has 0 spiro atoms. The fraction of sp³-hybridized carbons (Fsp3) is 0.826. The first-order chi connectivity index (χ1) is 13.7. The molecule has 0 aliphatic heterocycles. The third-order valence-electron chi connectivity index (χ3n) is 4.72. The molecule has 6 nitrogen and oxygen atoms in total. The lowest BCUT2D eigenvalue weighted by atomic mass is 10.1. The summed E-state index contributed by atoms with van der Waals surface area (Å²) in [7, 11) is 5.83. The van der Waals surface area contributed by atoms with Crippen LogP contribution in [0.4, 0.5) is 0 Å². The predicted molar refractivity (Wildman–Crippen MR) is 117 cm³/mol. The number of aliphatic carboxylic acids is 1. The number of aliphatic hydroxyl groups is 1. The number of hydrogen-bond acceptors (Lipinski definition) is 4. The average Bonchev–Trinajstić information content (AvgIpc) is 2.60. The van der Waals surface area contributed by atoms with Crippen molar-refractivity contribution in [2.75, 3.05) is 34.3 Å². The van der Waals surface area contributed by atoms with Gasteiger partial charge in [-0.3, -0.25) is 4.79 Å². The number of esters is 1. The molecule has 170 valence electrons. The van der Waals surface area contributed by atoms with E-state index < -0.39 is 18.0 Å². The molecule has 0 aliphatic carbocycles. The SMILES string of the molecule is C[N+](C)(C)C[C@@H](CC(=O)O)OC(=O)C=CCCCCCCCCCCCCCO. The van der Waals surface area contributed by atoms with Gasteiger partial charge in [-0.25, -0.2) is 4.79 Å². The molecule has 6 heteroatoms. The summed E-state index contributed by atoms with van der Waals surface area (Å²) in [5.74, 6) is -1.41. The molecule has 0 saturated carbocycles. The Bertz CT molecular complexity index is 457. The van der Waals surface area contributed by atoms with Crippen molar-refractivity contribution in [3.8, 4) is 0 Å². The summed E-state index contributed by atoms with van der Waals surface area (Å²) in [5, 5.41) is 17.7. The van der Waals surface area contributed by atoms with Crippen LogP contribution in [-0.4, -0.2) is 67.0 Å². The molecule has 2 N–H and O–H groups in total. The molecule has 0 heterocycles. The van der Waals surface area contributed by atoms with Crippen molar-refractivity contribution < 1.29 is 29.0 Å². The smallest absolute Gasteiger partial charge is 0.330 e. The van der Waals surface area contributed by atoms with Gasteiger partial charge in [-0.05, 0) is 19.3 Å². The van der Waals surface area contributed by atoms with Crippen molar-refractivity contribution in [3.05, 3.63) is 12.2 Å². The molecule has 0 aliphatic rings. The molecule has 0 bridgehead atoms. The molecular formula is C23H44NO5+. The van der Waals surface area contributed by atoms with Crippen LogP contribution in [0.5, 0.6) is 0 Å². The maximum absolute atomic E-state index is 11.9. The van der Waals surface area contributed by atoms with Crippen LogP contribution in [0.1, 0.15) is 83.5 Å². The van der Waals surface area contributed by atoms with Gasteiger partial charge in [0, 0.05) is 12.7 Å². The molecule has 0 rings (SSSR count). The Morgan fingerprint density at radius 3 is 1.79 bits per heavy atom. The summed E-state index contributed by atoms with van der Waals surface area (Å²) in [6.45, 7) is 0.784. The number of likely N-dealkylation sites (N-methyl/N-ethyl adjacent to an activating group) is 1. The van der Waals surface area contributed by atoms with E-state index in [9.17, 15) is 9.59 Å². The van der Waals surface area contributed by atoms with Gasteiger partial charge in [-0.15, -0.1) is 0 Å². The maximum Gasteiger partial charge on any atom is 0.330 e. The molecule has 0 saturated heterocycles. The van der Waals surface area contributed by atoms with Crippen molar-refractivity contribution in [1.82, 2.24) is 0 Å². The standard InChI is InChI=1S/C23H43NO5/c1-24(2,3)20-21(19-22(26)27)29-23(28)17-15-13-11-9-7-5-4-6-8-10-12-14-16-18-25/h15,17,21,25H,4-14,16,18-20H2,1-3H3/p+1/t21-/m1/s1. The molecule has 0 amide bonds. The van der Waals surface area contributed by atoms with E-state index in [4.69, 9.17) is 14.9 Å². The molecule has 0 fully saturated rings. The molecule has 1 atom stereocenters. The van der Waals surface area contributed by atoms with Crippen LogP contribution in [0.15, 0.2) is 12.2 Å². The number of carbonyl (C=O) groups excluding carboxylic acids is 1. The number of rotatable bonds is 19. The molecule has 0 unspecified atom stereocenters. The lowest BCUT2D eigenvalue weighted by Gasteiger charge is -2.28. The van der Waals surface area contributed by atoms with E-state index in [1.54, 1.807) is 0 Å². The van der Waals surface area contributed by atoms with Crippen LogP contribution in [0.3, 0.4) is 0 Å². The molecule has 29 heavy (non-hydrogen) atoms. The first-order valence-corrected chi connectivity index (χ1v) is 11.2. The summed E-state index contributed by atoms with van der Waals surface area (Å²) in [4.78, 5) is 22.9. The van der Waals surface area contributed by atoms with Crippen LogP contribution in [-0.2, 0) is 14.3 Å². The monoisotopic (exact) mass is 414 g/mol. The van der Waals surface area contributed by atoms with Gasteiger partial charge in [0.05, 0.1) is 27.6 Å². The number of carboxylic acids is 1. The second kappa shape index (κ2) is 17.5. The van der Waals surface area contributed by atoms with E-state index in [0.29, 0.717) is 17.6 Å². The number of hydrogen-bond donors (Lipinski definition) is 2. The molecule has 0 aromatic carbocycles. The normalized spacial score (nSPS) is 13.0. The molecular weight excluding hydrogens is 370 g/mol. The summed E-state index contributed by atoms with van der Waals surface area (Å²) in [6.07, 6.45) is 16.5. The minimum atomic E-state index is -0.957. The van der Waals surface area contributed by atoms with Gasteiger partial charge in [0.1, 0.15) is 6.54 Å².